The molecule has 30 heavy (non-hydrogen) atoms. The number of rotatable bonds is 3. The van der Waals surface area contributed by atoms with Gasteiger partial charge in [-0.2, -0.15) is 9.97 Å². The first-order valence-electron chi connectivity index (χ1n) is 9.35. The third-order valence-corrected chi connectivity index (χ3v) is 4.95. The number of methoxy groups -OCH3 is 1. The summed E-state index contributed by atoms with van der Waals surface area (Å²) in [6.07, 6.45) is 0. The van der Waals surface area contributed by atoms with Crippen molar-refractivity contribution in [1.29, 1.82) is 0 Å². The summed E-state index contributed by atoms with van der Waals surface area (Å²) in [5.74, 6) is 0.902. The summed E-state index contributed by atoms with van der Waals surface area (Å²) in [7, 11) is 1.50. The van der Waals surface area contributed by atoms with Gasteiger partial charge in [-0.1, -0.05) is 30.3 Å². The SMILES string of the molecule is COc1nc(C)nc2oc(-c3c(C)nc4c(-c5ccccc5)c(C)[nH]n4c3=O)nc12. The van der Waals surface area contributed by atoms with E-state index in [1.165, 1.54) is 11.6 Å². The summed E-state index contributed by atoms with van der Waals surface area (Å²) in [5, 5.41) is 3.12. The number of aryl methyl sites for hydroxylation is 3. The monoisotopic (exact) mass is 402 g/mol. The molecule has 0 aliphatic rings. The second-order valence-corrected chi connectivity index (χ2v) is 6.97. The van der Waals surface area contributed by atoms with Crippen molar-refractivity contribution in [2.75, 3.05) is 7.11 Å². The Morgan fingerprint density at radius 2 is 1.77 bits per heavy atom. The highest BCUT2D eigenvalue weighted by atomic mass is 16.5. The summed E-state index contributed by atoms with van der Waals surface area (Å²) in [6.45, 7) is 5.40. The van der Waals surface area contributed by atoms with E-state index in [9.17, 15) is 4.79 Å². The Kier molecular flexibility index (Phi) is 3.92. The topological polar surface area (TPSA) is 111 Å². The smallest absolute Gasteiger partial charge is 0.285 e. The van der Waals surface area contributed by atoms with Gasteiger partial charge in [0.05, 0.1) is 12.8 Å². The van der Waals surface area contributed by atoms with Crippen molar-refractivity contribution in [2.45, 2.75) is 20.8 Å². The van der Waals surface area contributed by atoms with Crippen molar-refractivity contribution < 1.29 is 9.15 Å². The Morgan fingerprint density at radius 3 is 2.50 bits per heavy atom. The molecule has 0 fully saturated rings. The van der Waals surface area contributed by atoms with E-state index in [1.54, 1.807) is 13.8 Å². The number of oxazole rings is 1. The summed E-state index contributed by atoms with van der Waals surface area (Å²) >= 11 is 0. The lowest BCUT2D eigenvalue weighted by Crippen LogP contribution is -2.19. The maximum Gasteiger partial charge on any atom is 0.285 e. The fourth-order valence-corrected chi connectivity index (χ4v) is 3.64. The molecular formula is C21H18N6O3. The maximum atomic E-state index is 13.4. The van der Waals surface area contributed by atoms with E-state index in [0.717, 1.165) is 16.8 Å². The highest BCUT2D eigenvalue weighted by Crippen LogP contribution is 2.30. The zero-order chi connectivity index (χ0) is 21.0. The predicted molar refractivity (Wildman–Crippen MR) is 111 cm³/mol. The van der Waals surface area contributed by atoms with Gasteiger partial charge in [0.2, 0.25) is 11.8 Å². The molecule has 1 N–H and O–H groups in total. The number of ether oxygens (including phenoxy) is 1. The van der Waals surface area contributed by atoms with E-state index >= 15 is 0 Å². The lowest BCUT2D eigenvalue weighted by molar-refractivity contribution is 0.400. The minimum atomic E-state index is -0.307. The minimum Gasteiger partial charge on any atom is -0.479 e. The van der Waals surface area contributed by atoms with E-state index in [0.29, 0.717) is 28.6 Å². The zero-order valence-electron chi connectivity index (χ0n) is 16.8. The van der Waals surface area contributed by atoms with Gasteiger partial charge in [-0.25, -0.2) is 14.5 Å². The first kappa shape index (κ1) is 18.0. The van der Waals surface area contributed by atoms with Crippen LogP contribution < -0.4 is 10.3 Å². The van der Waals surface area contributed by atoms with Crippen LogP contribution in [0.15, 0.2) is 39.5 Å². The number of aromatic amines is 1. The fraction of sp³-hybridized carbons (Fsp3) is 0.190. The van der Waals surface area contributed by atoms with Crippen molar-refractivity contribution in [3.05, 3.63) is 57.9 Å². The maximum absolute atomic E-state index is 13.4. The number of hydrogen-bond donors (Lipinski definition) is 1. The largest absolute Gasteiger partial charge is 0.479 e. The molecule has 0 unspecified atom stereocenters. The van der Waals surface area contributed by atoms with Gasteiger partial charge in [-0.05, 0) is 26.3 Å². The van der Waals surface area contributed by atoms with Gasteiger partial charge in [0, 0.05) is 11.3 Å². The quantitative estimate of drug-likeness (QED) is 0.493. The molecule has 0 radical (unpaired) electrons. The van der Waals surface area contributed by atoms with Gasteiger partial charge in [-0.3, -0.25) is 9.89 Å². The van der Waals surface area contributed by atoms with E-state index < -0.39 is 0 Å². The highest BCUT2D eigenvalue weighted by Gasteiger charge is 2.23. The van der Waals surface area contributed by atoms with E-state index in [-0.39, 0.29) is 22.7 Å². The lowest BCUT2D eigenvalue weighted by atomic mass is 10.1. The van der Waals surface area contributed by atoms with Crippen molar-refractivity contribution in [2.24, 2.45) is 0 Å². The van der Waals surface area contributed by atoms with Crippen LogP contribution in [-0.2, 0) is 0 Å². The molecule has 0 aliphatic heterocycles. The number of hydrogen-bond acceptors (Lipinski definition) is 7. The van der Waals surface area contributed by atoms with Crippen LogP contribution in [0, 0.1) is 20.8 Å². The predicted octanol–water partition coefficient (Wildman–Crippen LogP) is 3.22. The van der Waals surface area contributed by atoms with Crippen LogP contribution >= 0.6 is 0 Å². The van der Waals surface area contributed by atoms with E-state index in [4.69, 9.17) is 14.1 Å². The summed E-state index contributed by atoms with van der Waals surface area (Å²) in [4.78, 5) is 31.0. The minimum absolute atomic E-state index is 0.126. The molecule has 5 rings (SSSR count). The van der Waals surface area contributed by atoms with Crippen LogP contribution in [0.3, 0.4) is 0 Å². The Balaban J connectivity index is 1.78. The van der Waals surface area contributed by atoms with Crippen molar-refractivity contribution >= 4 is 16.9 Å². The summed E-state index contributed by atoms with van der Waals surface area (Å²) < 4.78 is 12.5. The standard InChI is InChI=1S/C21H18N6O3/c1-10-15(18-25-16-19(29-4)23-12(3)24-20(16)30-18)21(28)27-17(22-10)14(11(2)26-27)13-8-6-5-7-9-13/h5-9,26H,1-4H3. The van der Waals surface area contributed by atoms with Crippen LogP contribution in [0.25, 0.3) is 39.5 Å². The normalized spacial score (nSPS) is 11.5. The van der Waals surface area contributed by atoms with Gasteiger partial charge < -0.3 is 9.15 Å². The van der Waals surface area contributed by atoms with Crippen LogP contribution in [0.5, 0.6) is 5.88 Å². The molecule has 0 atom stereocenters. The van der Waals surface area contributed by atoms with Crippen molar-refractivity contribution in [1.82, 2.24) is 29.5 Å². The number of aromatic nitrogens is 6. The number of H-pyrrole nitrogens is 1. The van der Waals surface area contributed by atoms with Gasteiger partial charge in [0.25, 0.3) is 11.3 Å². The van der Waals surface area contributed by atoms with Gasteiger partial charge in [-0.15, -0.1) is 0 Å². The second-order valence-electron chi connectivity index (χ2n) is 6.97. The molecule has 5 aromatic rings. The Labute approximate surface area is 170 Å². The van der Waals surface area contributed by atoms with Gasteiger partial charge in [0.15, 0.2) is 11.2 Å². The number of benzene rings is 1. The van der Waals surface area contributed by atoms with Crippen molar-refractivity contribution in [3.8, 4) is 28.5 Å². The first-order valence-corrected chi connectivity index (χ1v) is 9.35. The van der Waals surface area contributed by atoms with Crippen LogP contribution in [0.1, 0.15) is 17.2 Å². The van der Waals surface area contributed by atoms with E-state index in [2.05, 4.69) is 20.1 Å². The van der Waals surface area contributed by atoms with Crippen LogP contribution in [0.4, 0.5) is 0 Å². The number of nitrogens with one attached hydrogen (secondary N) is 1. The molecule has 0 bridgehead atoms. The summed E-state index contributed by atoms with van der Waals surface area (Å²) in [6, 6.07) is 9.82. The van der Waals surface area contributed by atoms with Crippen LogP contribution in [0.2, 0.25) is 0 Å². The molecule has 1 aromatic carbocycles. The molecule has 150 valence electrons. The Bertz CT molecular complexity index is 1480. The van der Waals surface area contributed by atoms with Gasteiger partial charge >= 0.3 is 0 Å². The average molecular weight is 402 g/mol. The average Bonchev–Trinajstić information content (AvgIpc) is 3.28. The molecule has 0 saturated carbocycles. The Hall–Kier alpha value is -4.01. The number of nitrogens with zero attached hydrogens (tertiary/aromatic N) is 5. The second kappa shape index (κ2) is 6.51. The lowest BCUT2D eigenvalue weighted by Gasteiger charge is -2.03. The number of fused-ring (bicyclic) bond motifs is 2. The molecule has 0 spiro atoms. The molecular weight excluding hydrogens is 384 g/mol. The van der Waals surface area contributed by atoms with Crippen molar-refractivity contribution in [3.63, 3.8) is 0 Å². The molecule has 9 heteroatoms. The van der Waals surface area contributed by atoms with Crippen LogP contribution in [-0.4, -0.2) is 36.7 Å². The molecule has 0 saturated heterocycles. The summed E-state index contributed by atoms with van der Waals surface area (Å²) in [5.41, 5.74) is 4.31. The first-order chi connectivity index (χ1) is 14.5. The molecule has 4 aromatic heterocycles. The highest BCUT2D eigenvalue weighted by molar-refractivity contribution is 5.81. The third-order valence-electron chi connectivity index (χ3n) is 4.95. The van der Waals surface area contributed by atoms with E-state index in [1.807, 2.05) is 37.3 Å². The van der Waals surface area contributed by atoms with Gasteiger partial charge in [0.1, 0.15) is 11.4 Å². The molecule has 0 amide bonds. The Morgan fingerprint density at radius 1 is 1.00 bits per heavy atom. The molecule has 9 nitrogen and oxygen atoms in total. The third kappa shape index (κ3) is 2.59. The molecule has 4 heterocycles. The zero-order valence-corrected chi connectivity index (χ0v) is 16.8. The fourth-order valence-electron chi connectivity index (χ4n) is 3.64. The molecule has 0 aliphatic carbocycles.